The highest BCUT2D eigenvalue weighted by atomic mass is 127. The number of nitrogens with zero attached hydrogens (tertiary/aromatic N) is 2. The van der Waals surface area contributed by atoms with Gasteiger partial charge in [-0.15, -0.1) is 0 Å². The molecule has 0 unspecified atom stereocenters. The average molecular weight is 305 g/mol. The lowest BCUT2D eigenvalue weighted by atomic mass is 10.1. The van der Waals surface area contributed by atoms with E-state index in [9.17, 15) is 0 Å². The minimum atomic E-state index is 0.569. The molecule has 2 N–H and O–H groups in total. The summed E-state index contributed by atoms with van der Waals surface area (Å²) in [5, 5.41) is 0. The third-order valence-electron chi connectivity index (χ3n) is 1.92. The van der Waals surface area contributed by atoms with E-state index < -0.39 is 0 Å². The summed E-state index contributed by atoms with van der Waals surface area (Å²) < 4.78 is 0.998. The Bertz CT molecular complexity index is 323. The van der Waals surface area contributed by atoms with Crippen LogP contribution in [0.4, 0.5) is 5.82 Å². The summed E-state index contributed by atoms with van der Waals surface area (Å²) in [5.74, 6) is 2.06. The van der Waals surface area contributed by atoms with E-state index in [0.29, 0.717) is 11.7 Å². The molecule has 1 aromatic heterocycles. The fraction of sp³-hybridized carbons (Fsp3) is 0.600. The number of aryl methyl sites for hydroxylation is 1. The van der Waals surface area contributed by atoms with E-state index in [1.807, 2.05) is 0 Å². The molecule has 0 aliphatic rings. The van der Waals surface area contributed by atoms with Crippen molar-refractivity contribution < 1.29 is 0 Å². The van der Waals surface area contributed by atoms with Crippen LogP contribution in [0.2, 0.25) is 0 Å². The van der Waals surface area contributed by atoms with Crippen LogP contribution in [0.5, 0.6) is 0 Å². The van der Waals surface area contributed by atoms with Crippen molar-refractivity contribution in [3.05, 3.63) is 15.1 Å². The summed E-state index contributed by atoms with van der Waals surface area (Å²) in [7, 11) is 0. The smallest absolute Gasteiger partial charge is 0.140 e. The second-order valence-corrected chi connectivity index (χ2v) is 4.82. The summed E-state index contributed by atoms with van der Waals surface area (Å²) in [6.07, 6.45) is 1.81. The fourth-order valence-electron chi connectivity index (χ4n) is 1.26. The van der Waals surface area contributed by atoms with Gasteiger partial charge in [-0.1, -0.05) is 20.8 Å². The summed E-state index contributed by atoms with van der Waals surface area (Å²) in [6, 6.07) is 0. The van der Waals surface area contributed by atoms with E-state index in [1.165, 1.54) is 0 Å². The molecule has 3 nitrogen and oxygen atoms in total. The molecule has 0 saturated heterocycles. The van der Waals surface area contributed by atoms with Gasteiger partial charge in [-0.25, -0.2) is 9.97 Å². The first-order valence-corrected chi connectivity index (χ1v) is 5.93. The zero-order valence-corrected chi connectivity index (χ0v) is 11.0. The number of hydrogen-bond acceptors (Lipinski definition) is 3. The van der Waals surface area contributed by atoms with Gasteiger partial charge >= 0.3 is 0 Å². The number of nitrogen functional groups attached to an aromatic ring is 1. The van der Waals surface area contributed by atoms with Crippen molar-refractivity contribution in [1.29, 1.82) is 0 Å². The minimum Gasteiger partial charge on any atom is -0.383 e. The molecule has 0 atom stereocenters. The number of hydrogen-bond donors (Lipinski definition) is 1. The van der Waals surface area contributed by atoms with Crippen molar-refractivity contribution in [2.24, 2.45) is 5.92 Å². The topological polar surface area (TPSA) is 51.8 Å². The Labute approximate surface area is 98.7 Å². The molecule has 4 heteroatoms. The van der Waals surface area contributed by atoms with Gasteiger partial charge in [0.1, 0.15) is 11.6 Å². The summed E-state index contributed by atoms with van der Waals surface area (Å²) in [4.78, 5) is 8.77. The first kappa shape index (κ1) is 11.7. The van der Waals surface area contributed by atoms with Crippen LogP contribution < -0.4 is 5.73 Å². The quantitative estimate of drug-likeness (QED) is 0.873. The highest BCUT2D eigenvalue weighted by molar-refractivity contribution is 14.1. The van der Waals surface area contributed by atoms with Crippen LogP contribution in [0, 0.1) is 9.49 Å². The molecule has 1 rings (SSSR count). The van der Waals surface area contributed by atoms with Crippen LogP contribution in [0.15, 0.2) is 0 Å². The molecule has 78 valence electrons. The van der Waals surface area contributed by atoms with Gasteiger partial charge in [0.25, 0.3) is 0 Å². The van der Waals surface area contributed by atoms with Gasteiger partial charge in [0.2, 0.25) is 0 Å². The van der Waals surface area contributed by atoms with Crippen molar-refractivity contribution in [1.82, 2.24) is 9.97 Å². The standard InChI is InChI=1S/C10H16IN3/c1-4-7-9(11)10(12)14-8(13-7)5-6(2)3/h6H,4-5H2,1-3H3,(H2,12,13,14). The molecule has 0 aromatic carbocycles. The van der Waals surface area contributed by atoms with E-state index in [0.717, 1.165) is 27.9 Å². The second-order valence-electron chi connectivity index (χ2n) is 3.74. The van der Waals surface area contributed by atoms with Crippen LogP contribution in [0.25, 0.3) is 0 Å². The molecular weight excluding hydrogens is 289 g/mol. The predicted molar refractivity (Wildman–Crippen MR) is 67.1 cm³/mol. The molecule has 0 fully saturated rings. The highest BCUT2D eigenvalue weighted by Gasteiger charge is 2.09. The molecular formula is C10H16IN3. The maximum absolute atomic E-state index is 5.81. The van der Waals surface area contributed by atoms with Crippen LogP contribution in [-0.4, -0.2) is 9.97 Å². The average Bonchev–Trinajstić information content (AvgIpc) is 2.10. The van der Waals surface area contributed by atoms with Gasteiger partial charge in [0, 0.05) is 6.42 Å². The zero-order chi connectivity index (χ0) is 10.7. The van der Waals surface area contributed by atoms with Crippen LogP contribution in [-0.2, 0) is 12.8 Å². The van der Waals surface area contributed by atoms with Crippen molar-refractivity contribution in [3.63, 3.8) is 0 Å². The fourth-order valence-corrected chi connectivity index (χ4v) is 1.88. The number of anilines is 1. The lowest BCUT2D eigenvalue weighted by Gasteiger charge is -2.08. The first-order chi connectivity index (χ1) is 6.54. The molecule has 0 aliphatic carbocycles. The Balaban J connectivity index is 3.03. The minimum absolute atomic E-state index is 0.569. The van der Waals surface area contributed by atoms with Gasteiger partial charge in [0.15, 0.2) is 0 Å². The van der Waals surface area contributed by atoms with E-state index in [1.54, 1.807) is 0 Å². The normalized spacial score (nSPS) is 10.9. The Morgan fingerprint density at radius 1 is 1.36 bits per heavy atom. The lowest BCUT2D eigenvalue weighted by Crippen LogP contribution is -2.08. The Morgan fingerprint density at radius 3 is 2.50 bits per heavy atom. The molecule has 0 bridgehead atoms. The number of rotatable bonds is 3. The third-order valence-corrected chi connectivity index (χ3v) is 3.09. The zero-order valence-electron chi connectivity index (χ0n) is 8.84. The van der Waals surface area contributed by atoms with E-state index in [2.05, 4.69) is 53.3 Å². The Kier molecular flexibility index (Phi) is 4.10. The van der Waals surface area contributed by atoms with Gasteiger partial charge in [-0.2, -0.15) is 0 Å². The molecule has 0 spiro atoms. The maximum atomic E-state index is 5.81. The molecule has 0 aliphatic heterocycles. The van der Waals surface area contributed by atoms with Gasteiger partial charge < -0.3 is 5.73 Å². The van der Waals surface area contributed by atoms with E-state index >= 15 is 0 Å². The monoisotopic (exact) mass is 305 g/mol. The van der Waals surface area contributed by atoms with Crippen LogP contribution in [0.1, 0.15) is 32.3 Å². The SMILES string of the molecule is CCc1nc(CC(C)C)nc(N)c1I. The molecule has 0 saturated carbocycles. The summed E-state index contributed by atoms with van der Waals surface area (Å²) >= 11 is 2.21. The van der Waals surface area contributed by atoms with Crippen molar-refractivity contribution in [2.45, 2.75) is 33.6 Å². The first-order valence-electron chi connectivity index (χ1n) is 4.85. The lowest BCUT2D eigenvalue weighted by molar-refractivity contribution is 0.618. The molecule has 0 amide bonds. The molecule has 14 heavy (non-hydrogen) atoms. The number of aromatic nitrogens is 2. The molecule has 0 radical (unpaired) electrons. The predicted octanol–water partition coefficient (Wildman–Crippen LogP) is 2.42. The summed E-state index contributed by atoms with van der Waals surface area (Å²) in [5.41, 5.74) is 6.88. The maximum Gasteiger partial charge on any atom is 0.140 e. The third kappa shape index (κ3) is 2.80. The molecule has 1 aromatic rings. The highest BCUT2D eigenvalue weighted by Crippen LogP contribution is 2.17. The van der Waals surface area contributed by atoms with Crippen LogP contribution >= 0.6 is 22.6 Å². The van der Waals surface area contributed by atoms with Gasteiger partial charge in [0.05, 0.1) is 9.26 Å². The van der Waals surface area contributed by atoms with E-state index in [-0.39, 0.29) is 0 Å². The van der Waals surface area contributed by atoms with Gasteiger partial charge in [-0.05, 0) is 34.9 Å². The van der Waals surface area contributed by atoms with E-state index in [4.69, 9.17) is 5.73 Å². The van der Waals surface area contributed by atoms with Crippen LogP contribution in [0.3, 0.4) is 0 Å². The Hall–Kier alpha value is -0.390. The molecule has 1 heterocycles. The van der Waals surface area contributed by atoms with Crippen molar-refractivity contribution in [2.75, 3.05) is 5.73 Å². The van der Waals surface area contributed by atoms with Crippen molar-refractivity contribution in [3.8, 4) is 0 Å². The summed E-state index contributed by atoms with van der Waals surface area (Å²) in [6.45, 7) is 6.40. The van der Waals surface area contributed by atoms with Crippen molar-refractivity contribution >= 4 is 28.4 Å². The number of halogens is 1. The second kappa shape index (κ2) is 4.91. The van der Waals surface area contributed by atoms with Gasteiger partial charge in [-0.3, -0.25) is 0 Å². The largest absolute Gasteiger partial charge is 0.383 e. The Morgan fingerprint density at radius 2 is 2.00 bits per heavy atom. The number of nitrogens with two attached hydrogens (primary N) is 1.